The summed E-state index contributed by atoms with van der Waals surface area (Å²) in [7, 11) is 4.46. The van der Waals surface area contributed by atoms with Crippen molar-refractivity contribution in [2.24, 2.45) is 0 Å². The van der Waals surface area contributed by atoms with Crippen molar-refractivity contribution >= 4 is 39.9 Å². The zero-order valence-corrected chi connectivity index (χ0v) is 19.8. The van der Waals surface area contributed by atoms with Crippen molar-refractivity contribution in [3.63, 3.8) is 0 Å². The Kier molecular flexibility index (Phi) is 6.47. The molecule has 3 aromatic carbocycles. The molecule has 1 heterocycles. The number of amides is 1. The lowest BCUT2D eigenvalue weighted by Gasteiger charge is -2.14. The van der Waals surface area contributed by atoms with Crippen LogP contribution in [0.2, 0.25) is 5.02 Å². The van der Waals surface area contributed by atoms with Gasteiger partial charge in [0.1, 0.15) is 5.58 Å². The molecule has 0 bridgehead atoms. The zero-order valence-electron chi connectivity index (χ0n) is 19.0. The molecule has 8 heteroatoms. The highest BCUT2D eigenvalue weighted by Gasteiger charge is 2.21. The average Bonchev–Trinajstić information content (AvgIpc) is 3.18. The van der Waals surface area contributed by atoms with Crippen LogP contribution in [0, 0.1) is 6.92 Å². The number of ketones is 1. The highest BCUT2D eigenvalue weighted by molar-refractivity contribution is 6.30. The maximum Gasteiger partial charge on any atom is 0.255 e. The molecule has 0 radical (unpaired) electrons. The minimum Gasteiger partial charge on any atom is -0.493 e. The van der Waals surface area contributed by atoms with Crippen LogP contribution in [0.25, 0.3) is 11.0 Å². The Hall–Kier alpha value is -3.97. The first kappa shape index (κ1) is 23.2. The van der Waals surface area contributed by atoms with Crippen molar-refractivity contribution in [1.29, 1.82) is 0 Å². The first-order chi connectivity index (χ1) is 16.4. The summed E-state index contributed by atoms with van der Waals surface area (Å²) < 4.78 is 21.8. The number of methoxy groups -OCH3 is 3. The molecule has 0 spiro atoms. The Morgan fingerprint density at radius 3 is 2.09 bits per heavy atom. The van der Waals surface area contributed by atoms with Gasteiger partial charge in [0.25, 0.3) is 5.91 Å². The van der Waals surface area contributed by atoms with Gasteiger partial charge in [0, 0.05) is 38.9 Å². The standard InChI is InChI=1S/C26H22ClNO6/c1-14-19-10-9-18(13-20(19)34-24(14)23(29)15-5-7-17(27)8-6-15)28-26(30)16-11-21(31-2)25(33-4)22(12-16)32-3/h5-13H,1-4H3,(H,28,30). The molecule has 174 valence electrons. The van der Waals surface area contributed by atoms with Crippen LogP contribution in [0.5, 0.6) is 17.2 Å². The number of rotatable bonds is 7. The fourth-order valence-corrected chi connectivity index (χ4v) is 3.79. The van der Waals surface area contributed by atoms with Gasteiger partial charge in [-0.2, -0.15) is 0 Å². The van der Waals surface area contributed by atoms with Gasteiger partial charge in [0.15, 0.2) is 17.3 Å². The fraction of sp³-hybridized carbons (Fsp3) is 0.154. The smallest absolute Gasteiger partial charge is 0.255 e. The number of hydrogen-bond donors (Lipinski definition) is 1. The quantitative estimate of drug-likeness (QED) is 0.332. The van der Waals surface area contributed by atoms with E-state index < -0.39 is 0 Å². The molecule has 0 aliphatic carbocycles. The largest absolute Gasteiger partial charge is 0.493 e. The van der Waals surface area contributed by atoms with Gasteiger partial charge >= 0.3 is 0 Å². The van der Waals surface area contributed by atoms with Crippen molar-refractivity contribution in [3.05, 3.63) is 82.1 Å². The average molecular weight is 480 g/mol. The first-order valence-corrected chi connectivity index (χ1v) is 10.7. The number of carbonyl (C=O) groups excluding carboxylic acids is 2. The molecule has 1 aromatic heterocycles. The van der Waals surface area contributed by atoms with Gasteiger partial charge in [-0.15, -0.1) is 0 Å². The van der Waals surface area contributed by atoms with E-state index in [4.69, 9.17) is 30.2 Å². The predicted molar refractivity (Wildman–Crippen MR) is 130 cm³/mol. The second-order valence-corrected chi connectivity index (χ2v) is 7.91. The van der Waals surface area contributed by atoms with Gasteiger partial charge in [-0.25, -0.2) is 0 Å². The Morgan fingerprint density at radius 1 is 0.853 bits per heavy atom. The van der Waals surface area contributed by atoms with Crippen molar-refractivity contribution in [2.45, 2.75) is 6.92 Å². The van der Waals surface area contributed by atoms with Crippen LogP contribution >= 0.6 is 11.6 Å². The number of benzene rings is 3. The summed E-state index contributed by atoms with van der Waals surface area (Å²) in [5.74, 6) is 0.758. The molecule has 1 amide bonds. The molecule has 1 N–H and O–H groups in total. The lowest BCUT2D eigenvalue weighted by Crippen LogP contribution is -2.12. The van der Waals surface area contributed by atoms with E-state index in [0.717, 1.165) is 10.9 Å². The van der Waals surface area contributed by atoms with E-state index in [1.807, 2.05) is 6.92 Å². The van der Waals surface area contributed by atoms with Crippen molar-refractivity contribution in [2.75, 3.05) is 26.6 Å². The van der Waals surface area contributed by atoms with Gasteiger partial charge in [-0.3, -0.25) is 9.59 Å². The summed E-state index contributed by atoms with van der Waals surface area (Å²) in [6, 6.07) is 15.0. The molecule has 34 heavy (non-hydrogen) atoms. The van der Waals surface area contributed by atoms with Crippen molar-refractivity contribution in [1.82, 2.24) is 0 Å². The molecular weight excluding hydrogens is 458 g/mol. The fourth-order valence-electron chi connectivity index (χ4n) is 3.67. The summed E-state index contributed by atoms with van der Waals surface area (Å²) in [6.45, 7) is 1.82. The first-order valence-electron chi connectivity index (χ1n) is 10.3. The van der Waals surface area contributed by atoms with E-state index in [9.17, 15) is 9.59 Å². The monoisotopic (exact) mass is 479 g/mol. The number of ether oxygens (including phenoxy) is 3. The van der Waals surface area contributed by atoms with E-state index in [1.165, 1.54) is 21.3 Å². The third kappa shape index (κ3) is 4.30. The molecule has 0 aliphatic heterocycles. The van der Waals surface area contributed by atoms with E-state index in [0.29, 0.717) is 44.7 Å². The minimum atomic E-state index is -0.376. The third-order valence-electron chi connectivity index (χ3n) is 5.44. The number of halogens is 1. The number of anilines is 1. The van der Waals surface area contributed by atoms with E-state index in [2.05, 4.69) is 5.32 Å². The maximum absolute atomic E-state index is 12.9. The molecule has 0 atom stereocenters. The highest BCUT2D eigenvalue weighted by atomic mass is 35.5. The summed E-state index contributed by atoms with van der Waals surface area (Å²) in [4.78, 5) is 25.8. The van der Waals surface area contributed by atoms with E-state index in [1.54, 1.807) is 54.6 Å². The van der Waals surface area contributed by atoms with Crippen LogP contribution in [-0.4, -0.2) is 33.0 Å². The van der Waals surface area contributed by atoms with E-state index >= 15 is 0 Å². The predicted octanol–water partition coefficient (Wildman–Crippen LogP) is 5.90. The Labute approximate surface area is 201 Å². The summed E-state index contributed by atoms with van der Waals surface area (Å²) >= 11 is 5.92. The number of carbonyl (C=O) groups is 2. The SMILES string of the molecule is COc1cc(C(=O)Nc2ccc3c(C)c(C(=O)c4ccc(Cl)cc4)oc3c2)cc(OC)c1OC. The molecule has 0 saturated heterocycles. The van der Waals surface area contributed by atoms with Crippen LogP contribution in [0.1, 0.15) is 32.0 Å². The van der Waals surface area contributed by atoms with Gasteiger partial charge < -0.3 is 23.9 Å². The van der Waals surface area contributed by atoms with Crippen LogP contribution in [-0.2, 0) is 0 Å². The summed E-state index contributed by atoms with van der Waals surface area (Å²) in [5, 5.41) is 4.16. The molecule has 0 aliphatic rings. The molecular formula is C26H22ClNO6. The van der Waals surface area contributed by atoms with E-state index in [-0.39, 0.29) is 17.5 Å². The van der Waals surface area contributed by atoms with Crippen LogP contribution in [0.4, 0.5) is 5.69 Å². The zero-order chi connectivity index (χ0) is 24.4. The number of fused-ring (bicyclic) bond motifs is 1. The molecule has 0 saturated carbocycles. The molecule has 0 fully saturated rings. The van der Waals surface area contributed by atoms with Crippen molar-refractivity contribution in [3.8, 4) is 17.2 Å². The Morgan fingerprint density at radius 2 is 1.50 bits per heavy atom. The molecule has 4 aromatic rings. The summed E-state index contributed by atoms with van der Waals surface area (Å²) in [5.41, 5.74) is 2.51. The topological polar surface area (TPSA) is 87.0 Å². The van der Waals surface area contributed by atoms with Crippen LogP contribution in [0.15, 0.2) is 59.0 Å². The van der Waals surface area contributed by atoms with Crippen LogP contribution < -0.4 is 19.5 Å². The van der Waals surface area contributed by atoms with Gasteiger partial charge in [0.2, 0.25) is 11.5 Å². The normalized spacial score (nSPS) is 10.7. The lowest BCUT2D eigenvalue weighted by atomic mass is 10.0. The third-order valence-corrected chi connectivity index (χ3v) is 5.69. The number of furan rings is 1. The Balaban J connectivity index is 1.63. The van der Waals surface area contributed by atoms with Gasteiger partial charge in [-0.1, -0.05) is 11.6 Å². The highest BCUT2D eigenvalue weighted by Crippen LogP contribution is 2.38. The molecule has 4 rings (SSSR count). The molecule has 0 unspecified atom stereocenters. The maximum atomic E-state index is 12.9. The van der Waals surface area contributed by atoms with Gasteiger partial charge in [0.05, 0.1) is 21.3 Å². The number of nitrogens with one attached hydrogen (secondary N) is 1. The molecule has 7 nitrogen and oxygen atoms in total. The minimum absolute atomic E-state index is 0.241. The lowest BCUT2D eigenvalue weighted by molar-refractivity contribution is 0.101. The second-order valence-electron chi connectivity index (χ2n) is 7.47. The Bertz CT molecular complexity index is 1370. The summed E-state index contributed by atoms with van der Waals surface area (Å²) in [6.07, 6.45) is 0. The number of hydrogen-bond acceptors (Lipinski definition) is 6. The van der Waals surface area contributed by atoms with Gasteiger partial charge in [-0.05, 0) is 55.5 Å². The van der Waals surface area contributed by atoms with Crippen molar-refractivity contribution < 1.29 is 28.2 Å². The van der Waals surface area contributed by atoms with Crippen LogP contribution in [0.3, 0.4) is 0 Å². The second kappa shape index (κ2) is 9.49. The number of aryl methyl sites for hydroxylation is 1.